The quantitative estimate of drug-likeness (QED) is 0.776. The van der Waals surface area contributed by atoms with Gasteiger partial charge < -0.3 is 0 Å². The van der Waals surface area contributed by atoms with Crippen LogP contribution >= 0.6 is 0 Å². The lowest BCUT2D eigenvalue weighted by atomic mass is 9.78. The summed E-state index contributed by atoms with van der Waals surface area (Å²) in [5.74, 6) is 0.878. The van der Waals surface area contributed by atoms with E-state index in [1.165, 1.54) is 5.56 Å². The summed E-state index contributed by atoms with van der Waals surface area (Å²) in [6.07, 6.45) is 3.70. The molecule has 3 nitrogen and oxygen atoms in total. The fourth-order valence-electron chi connectivity index (χ4n) is 2.16. The van der Waals surface area contributed by atoms with Gasteiger partial charge in [-0.05, 0) is 23.1 Å². The van der Waals surface area contributed by atoms with Crippen molar-refractivity contribution in [2.24, 2.45) is 0 Å². The Morgan fingerprint density at radius 1 is 0.947 bits per heavy atom. The predicted octanol–water partition coefficient (Wildman–Crippen LogP) is 3.86. The maximum absolute atomic E-state index is 4.85. The van der Waals surface area contributed by atoms with Gasteiger partial charge in [0.05, 0.1) is 5.69 Å². The molecule has 0 atom stereocenters. The second-order valence-electron chi connectivity index (χ2n) is 7.02. The Morgan fingerprint density at radius 3 is 2.11 bits per heavy atom. The smallest absolute Gasteiger partial charge is 0.153 e. The van der Waals surface area contributed by atoms with Crippen molar-refractivity contribution in [3.8, 4) is 5.82 Å². The molecule has 2 aromatic rings. The third kappa shape index (κ3) is 2.86. The van der Waals surface area contributed by atoms with E-state index >= 15 is 0 Å². The second-order valence-corrected chi connectivity index (χ2v) is 7.02. The van der Waals surface area contributed by atoms with Gasteiger partial charge in [-0.1, -0.05) is 47.6 Å². The maximum Gasteiger partial charge on any atom is 0.153 e. The van der Waals surface area contributed by atoms with Gasteiger partial charge in [0.1, 0.15) is 0 Å². The van der Waals surface area contributed by atoms with Crippen LogP contribution in [0.15, 0.2) is 30.6 Å². The Morgan fingerprint density at radius 2 is 1.63 bits per heavy atom. The molecule has 2 aromatic heterocycles. The topological polar surface area (TPSA) is 30.7 Å². The van der Waals surface area contributed by atoms with Crippen LogP contribution in [0.5, 0.6) is 0 Å². The van der Waals surface area contributed by atoms with Crippen LogP contribution in [0.2, 0.25) is 0 Å². The first-order valence-corrected chi connectivity index (χ1v) is 6.71. The van der Waals surface area contributed by atoms with Crippen LogP contribution in [-0.4, -0.2) is 14.8 Å². The van der Waals surface area contributed by atoms with Gasteiger partial charge in [0.25, 0.3) is 0 Å². The van der Waals surface area contributed by atoms with Crippen molar-refractivity contribution < 1.29 is 0 Å². The van der Waals surface area contributed by atoms with Crippen molar-refractivity contribution in [2.75, 3.05) is 0 Å². The maximum atomic E-state index is 4.85. The molecule has 0 unspecified atom stereocenters. The average molecular weight is 257 g/mol. The zero-order valence-corrected chi connectivity index (χ0v) is 12.7. The third-order valence-electron chi connectivity index (χ3n) is 3.14. The van der Waals surface area contributed by atoms with Gasteiger partial charge in [0, 0.05) is 17.8 Å². The lowest BCUT2D eigenvalue weighted by molar-refractivity contribution is 0.512. The van der Waals surface area contributed by atoms with Gasteiger partial charge in [-0.3, -0.25) is 0 Å². The summed E-state index contributed by atoms with van der Waals surface area (Å²) in [5.41, 5.74) is 2.56. The lowest BCUT2D eigenvalue weighted by Crippen LogP contribution is -2.24. The van der Waals surface area contributed by atoms with Crippen LogP contribution in [-0.2, 0) is 10.8 Å². The first-order chi connectivity index (χ1) is 8.69. The third-order valence-corrected chi connectivity index (χ3v) is 3.14. The molecule has 2 rings (SSSR count). The summed E-state index contributed by atoms with van der Waals surface area (Å²) >= 11 is 0. The van der Waals surface area contributed by atoms with Crippen LogP contribution < -0.4 is 0 Å². The molecule has 0 saturated carbocycles. The molecule has 0 bridgehead atoms. The highest BCUT2D eigenvalue weighted by molar-refractivity contribution is 5.37. The Kier molecular flexibility index (Phi) is 3.25. The van der Waals surface area contributed by atoms with Crippen LogP contribution in [0.4, 0.5) is 0 Å². The molecule has 2 heterocycles. The molecule has 0 saturated heterocycles. The van der Waals surface area contributed by atoms with E-state index in [4.69, 9.17) is 4.98 Å². The van der Waals surface area contributed by atoms with E-state index < -0.39 is 0 Å². The van der Waals surface area contributed by atoms with Crippen LogP contribution in [0.1, 0.15) is 52.8 Å². The average Bonchev–Trinajstić information content (AvgIpc) is 2.79. The molecule has 0 N–H and O–H groups in total. The van der Waals surface area contributed by atoms with E-state index in [9.17, 15) is 0 Å². The fourth-order valence-corrected chi connectivity index (χ4v) is 2.16. The molecule has 0 aromatic carbocycles. The molecule has 0 radical (unpaired) electrons. The highest BCUT2D eigenvalue weighted by atomic mass is 15.3. The van der Waals surface area contributed by atoms with Crippen molar-refractivity contribution in [3.05, 3.63) is 41.9 Å². The molecule has 0 amide bonds. The summed E-state index contributed by atoms with van der Waals surface area (Å²) in [7, 11) is 0. The number of hydrogen-bond donors (Lipinski definition) is 0. The number of hydrogen-bond acceptors (Lipinski definition) is 2. The molecule has 19 heavy (non-hydrogen) atoms. The Labute approximate surface area is 115 Å². The van der Waals surface area contributed by atoms with E-state index in [1.807, 2.05) is 23.0 Å². The second kappa shape index (κ2) is 4.48. The highest BCUT2D eigenvalue weighted by Crippen LogP contribution is 2.32. The van der Waals surface area contributed by atoms with Gasteiger partial charge in [-0.25, -0.2) is 9.67 Å². The van der Waals surface area contributed by atoms with Gasteiger partial charge in [0.15, 0.2) is 5.82 Å². The predicted molar refractivity (Wildman–Crippen MR) is 78.8 cm³/mol. The van der Waals surface area contributed by atoms with Crippen molar-refractivity contribution >= 4 is 0 Å². The molecular formula is C16H23N3. The zero-order valence-electron chi connectivity index (χ0n) is 12.7. The molecule has 0 spiro atoms. The van der Waals surface area contributed by atoms with E-state index in [2.05, 4.69) is 52.7 Å². The Bertz CT molecular complexity index is 555. The van der Waals surface area contributed by atoms with Gasteiger partial charge in [0.2, 0.25) is 0 Å². The van der Waals surface area contributed by atoms with Gasteiger partial charge in [-0.15, -0.1) is 0 Å². The zero-order chi connectivity index (χ0) is 14.3. The van der Waals surface area contributed by atoms with Crippen molar-refractivity contribution in [3.63, 3.8) is 0 Å². The summed E-state index contributed by atoms with van der Waals surface area (Å²) in [6.45, 7) is 13.3. The highest BCUT2D eigenvalue weighted by Gasteiger charge is 2.26. The molecule has 0 aliphatic heterocycles. The molecular weight excluding hydrogens is 234 g/mol. The number of rotatable bonds is 1. The molecule has 0 fully saturated rings. The molecule has 0 aliphatic carbocycles. The van der Waals surface area contributed by atoms with Gasteiger partial charge >= 0.3 is 0 Å². The van der Waals surface area contributed by atoms with Crippen LogP contribution in [0, 0.1) is 0 Å². The van der Waals surface area contributed by atoms with Crippen LogP contribution in [0.25, 0.3) is 5.82 Å². The van der Waals surface area contributed by atoms with E-state index in [0.29, 0.717) is 0 Å². The van der Waals surface area contributed by atoms with Crippen molar-refractivity contribution in [2.45, 2.75) is 52.4 Å². The SMILES string of the molecule is CC(C)(C)c1ccc(-n2cccn2)nc1C(C)(C)C. The molecule has 102 valence electrons. The first kappa shape index (κ1) is 13.8. The summed E-state index contributed by atoms with van der Waals surface area (Å²) < 4.78 is 1.81. The fraction of sp³-hybridized carbons (Fsp3) is 0.500. The molecule has 0 aliphatic rings. The lowest BCUT2D eigenvalue weighted by Gasteiger charge is -2.29. The monoisotopic (exact) mass is 257 g/mol. The van der Waals surface area contributed by atoms with E-state index in [-0.39, 0.29) is 10.8 Å². The number of aromatic nitrogens is 3. The minimum absolute atomic E-state index is 0.0196. The minimum atomic E-state index is 0.0196. The minimum Gasteiger partial charge on any atom is -0.233 e. The van der Waals surface area contributed by atoms with Crippen molar-refractivity contribution in [1.29, 1.82) is 0 Å². The molecule has 3 heteroatoms. The number of pyridine rings is 1. The van der Waals surface area contributed by atoms with E-state index in [0.717, 1.165) is 11.5 Å². The van der Waals surface area contributed by atoms with Crippen LogP contribution in [0.3, 0.4) is 0 Å². The first-order valence-electron chi connectivity index (χ1n) is 6.71. The summed E-state index contributed by atoms with van der Waals surface area (Å²) in [4.78, 5) is 4.85. The summed E-state index contributed by atoms with van der Waals surface area (Å²) in [5, 5.41) is 4.26. The number of nitrogens with zero attached hydrogens (tertiary/aromatic N) is 3. The largest absolute Gasteiger partial charge is 0.233 e. The Hall–Kier alpha value is -1.64. The standard InChI is InChI=1S/C16H23N3/c1-15(2,3)12-8-9-13(19-11-7-10-17-19)18-14(12)16(4,5)6/h7-11H,1-6H3. The Balaban J connectivity index is 2.61. The summed E-state index contributed by atoms with van der Waals surface area (Å²) in [6, 6.07) is 6.14. The van der Waals surface area contributed by atoms with Gasteiger partial charge in [-0.2, -0.15) is 5.10 Å². The normalized spacial score (nSPS) is 12.7. The van der Waals surface area contributed by atoms with Crippen molar-refractivity contribution in [1.82, 2.24) is 14.8 Å². The van der Waals surface area contributed by atoms with E-state index in [1.54, 1.807) is 6.20 Å².